The van der Waals surface area contributed by atoms with Crippen molar-refractivity contribution >= 4 is 23.5 Å². The molecule has 0 fully saturated rings. The van der Waals surface area contributed by atoms with Crippen LogP contribution < -0.4 is 5.32 Å². The molecule has 0 aromatic heterocycles. The minimum Gasteiger partial charge on any atom is -0.478 e. The Balaban J connectivity index is 2.94. The minimum atomic E-state index is -1.21. The molecule has 0 aliphatic heterocycles. The normalized spacial score (nSPS) is 10.2. The van der Waals surface area contributed by atoms with Crippen molar-refractivity contribution in [2.75, 3.05) is 12.4 Å². The summed E-state index contributed by atoms with van der Waals surface area (Å²) in [6, 6.07) is 4.77. The van der Waals surface area contributed by atoms with Gasteiger partial charge in [0.2, 0.25) is 5.91 Å². The number of ether oxygens (including phenoxy) is 1. The Hall–Kier alpha value is -2.63. The zero-order valence-electron chi connectivity index (χ0n) is 10.5. The van der Waals surface area contributed by atoms with Crippen molar-refractivity contribution in [1.29, 1.82) is 0 Å². The van der Waals surface area contributed by atoms with Gasteiger partial charge in [0.1, 0.15) is 0 Å². The van der Waals surface area contributed by atoms with Gasteiger partial charge >= 0.3 is 11.9 Å². The first kappa shape index (κ1) is 14.4. The number of hydrogen-bond acceptors (Lipinski definition) is 4. The molecule has 0 bridgehead atoms. The van der Waals surface area contributed by atoms with Crippen molar-refractivity contribution < 1.29 is 24.2 Å². The van der Waals surface area contributed by atoms with E-state index in [2.05, 4.69) is 10.1 Å². The second-order valence-corrected chi connectivity index (χ2v) is 3.63. The van der Waals surface area contributed by atoms with E-state index in [4.69, 9.17) is 5.11 Å². The van der Waals surface area contributed by atoms with E-state index in [1.807, 2.05) is 0 Å². The van der Waals surface area contributed by atoms with Crippen LogP contribution in [0.25, 0.3) is 0 Å². The van der Waals surface area contributed by atoms with Gasteiger partial charge in [0, 0.05) is 17.8 Å². The van der Waals surface area contributed by atoms with Crippen LogP contribution in [-0.2, 0) is 14.3 Å². The fraction of sp³-hybridized carbons (Fsp3) is 0.154. The van der Waals surface area contributed by atoms with Gasteiger partial charge in [-0.1, -0.05) is 6.07 Å². The van der Waals surface area contributed by atoms with Crippen LogP contribution in [0.2, 0.25) is 0 Å². The molecule has 6 nitrogen and oxygen atoms in total. The molecule has 0 aliphatic rings. The first-order valence-electron chi connectivity index (χ1n) is 5.35. The highest BCUT2D eigenvalue weighted by atomic mass is 16.5. The van der Waals surface area contributed by atoms with E-state index in [1.165, 1.54) is 7.11 Å². The van der Waals surface area contributed by atoms with Gasteiger partial charge < -0.3 is 15.2 Å². The SMILES string of the molecule is COC(=O)c1cccc(NC(=O)/C=C/C(=O)O)c1C. The summed E-state index contributed by atoms with van der Waals surface area (Å²) in [6.45, 7) is 1.66. The Labute approximate surface area is 109 Å². The molecule has 6 heteroatoms. The Morgan fingerprint density at radius 1 is 1.26 bits per heavy atom. The Bertz CT molecular complexity index is 548. The maximum Gasteiger partial charge on any atom is 0.338 e. The van der Waals surface area contributed by atoms with E-state index in [0.29, 0.717) is 16.8 Å². The average Bonchev–Trinajstić information content (AvgIpc) is 2.38. The smallest absolute Gasteiger partial charge is 0.338 e. The van der Waals surface area contributed by atoms with Crippen LogP contribution in [0.15, 0.2) is 30.4 Å². The zero-order valence-corrected chi connectivity index (χ0v) is 10.5. The highest BCUT2D eigenvalue weighted by Crippen LogP contribution is 2.19. The van der Waals surface area contributed by atoms with Gasteiger partial charge in [0.05, 0.1) is 12.7 Å². The third-order valence-electron chi connectivity index (χ3n) is 2.37. The Kier molecular flexibility index (Phi) is 4.82. The van der Waals surface area contributed by atoms with Gasteiger partial charge in [-0.25, -0.2) is 9.59 Å². The van der Waals surface area contributed by atoms with Crippen molar-refractivity contribution in [3.63, 3.8) is 0 Å². The minimum absolute atomic E-state index is 0.336. The van der Waals surface area contributed by atoms with Crippen molar-refractivity contribution in [1.82, 2.24) is 0 Å². The molecule has 0 aliphatic carbocycles. The molecule has 0 radical (unpaired) electrons. The van der Waals surface area contributed by atoms with E-state index < -0.39 is 17.8 Å². The lowest BCUT2D eigenvalue weighted by atomic mass is 10.1. The summed E-state index contributed by atoms with van der Waals surface area (Å²) in [6.07, 6.45) is 1.63. The molecule has 0 saturated carbocycles. The number of rotatable bonds is 4. The van der Waals surface area contributed by atoms with E-state index >= 15 is 0 Å². The first-order valence-corrected chi connectivity index (χ1v) is 5.35. The van der Waals surface area contributed by atoms with Crippen LogP contribution >= 0.6 is 0 Å². The molecule has 0 heterocycles. The number of aliphatic carboxylic acids is 1. The number of hydrogen-bond donors (Lipinski definition) is 2. The van der Waals surface area contributed by atoms with Gasteiger partial charge in [-0.15, -0.1) is 0 Å². The summed E-state index contributed by atoms with van der Waals surface area (Å²) in [7, 11) is 1.27. The number of carbonyl (C=O) groups excluding carboxylic acids is 2. The van der Waals surface area contributed by atoms with Crippen molar-refractivity contribution in [3.05, 3.63) is 41.5 Å². The standard InChI is InChI=1S/C13H13NO5/c1-8-9(13(18)19-2)4-3-5-10(8)14-11(15)6-7-12(16)17/h3-7H,1-2H3,(H,14,15)(H,16,17)/b7-6+. The highest BCUT2D eigenvalue weighted by Gasteiger charge is 2.12. The monoisotopic (exact) mass is 263 g/mol. The number of anilines is 1. The number of carbonyl (C=O) groups is 3. The number of benzene rings is 1. The quantitative estimate of drug-likeness (QED) is 0.632. The first-order chi connectivity index (χ1) is 8.95. The lowest BCUT2D eigenvalue weighted by molar-refractivity contribution is -0.131. The van der Waals surface area contributed by atoms with Gasteiger partial charge in [0.15, 0.2) is 0 Å². The molecule has 0 unspecified atom stereocenters. The lowest BCUT2D eigenvalue weighted by Gasteiger charge is -2.09. The summed E-state index contributed by atoms with van der Waals surface area (Å²) in [5.74, 6) is -2.31. The summed E-state index contributed by atoms with van der Waals surface area (Å²) in [5, 5.41) is 10.9. The molecule has 1 aromatic carbocycles. The van der Waals surface area contributed by atoms with Crippen LogP contribution in [-0.4, -0.2) is 30.1 Å². The second-order valence-electron chi connectivity index (χ2n) is 3.63. The molecule has 0 atom stereocenters. The summed E-state index contributed by atoms with van der Waals surface area (Å²) < 4.78 is 4.61. The summed E-state index contributed by atoms with van der Waals surface area (Å²) >= 11 is 0. The van der Waals surface area contributed by atoms with Crippen molar-refractivity contribution in [2.45, 2.75) is 6.92 Å². The third-order valence-corrected chi connectivity index (χ3v) is 2.37. The molecule has 2 N–H and O–H groups in total. The fourth-order valence-corrected chi connectivity index (χ4v) is 1.42. The van der Waals surface area contributed by atoms with Crippen molar-refractivity contribution in [2.24, 2.45) is 0 Å². The molecule has 19 heavy (non-hydrogen) atoms. The van der Waals surface area contributed by atoms with Crippen molar-refractivity contribution in [3.8, 4) is 0 Å². The maximum atomic E-state index is 11.5. The summed E-state index contributed by atoms with van der Waals surface area (Å²) in [5.41, 5.74) is 1.30. The number of nitrogens with one attached hydrogen (secondary N) is 1. The molecular formula is C13H13NO5. The van der Waals surface area contributed by atoms with E-state index in [9.17, 15) is 14.4 Å². The number of methoxy groups -OCH3 is 1. The van der Waals surface area contributed by atoms with Crippen LogP contribution in [0.5, 0.6) is 0 Å². The van der Waals surface area contributed by atoms with Crippen LogP contribution in [0.4, 0.5) is 5.69 Å². The van der Waals surface area contributed by atoms with Crippen LogP contribution in [0.1, 0.15) is 15.9 Å². The predicted molar refractivity (Wildman–Crippen MR) is 67.9 cm³/mol. The van der Waals surface area contributed by atoms with Crippen LogP contribution in [0, 0.1) is 6.92 Å². The number of amides is 1. The van der Waals surface area contributed by atoms with Gasteiger partial charge in [-0.05, 0) is 24.6 Å². The molecule has 1 amide bonds. The van der Waals surface area contributed by atoms with Gasteiger partial charge in [-0.2, -0.15) is 0 Å². The summed E-state index contributed by atoms with van der Waals surface area (Å²) in [4.78, 5) is 33.2. The second kappa shape index (κ2) is 6.34. The number of esters is 1. The third kappa shape index (κ3) is 3.95. The largest absolute Gasteiger partial charge is 0.478 e. The van der Waals surface area contributed by atoms with Gasteiger partial charge in [-0.3, -0.25) is 4.79 Å². The molecular weight excluding hydrogens is 250 g/mol. The van der Waals surface area contributed by atoms with E-state index in [-0.39, 0.29) is 0 Å². The van der Waals surface area contributed by atoms with Crippen LogP contribution in [0.3, 0.4) is 0 Å². The van der Waals surface area contributed by atoms with E-state index in [0.717, 1.165) is 12.2 Å². The number of carboxylic acid groups (broad SMARTS) is 1. The molecule has 100 valence electrons. The highest BCUT2D eigenvalue weighted by molar-refractivity contribution is 6.03. The molecule has 0 saturated heterocycles. The molecule has 1 aromatic rings. The van der Waals surface area contributed by atoms with Gasteiger partial charge in [0.25, 0.3) is 0 Å². The Morgan fingerprint density at radius 3 is 2.53 bits per heavy atom. The molecule has 1 rings (SSSR count). The average molecular weight is 263 g/mol. The Morgan fingerprint density at radius 2 is 1.95 bits per heavy atom. The van der Waals surface area contributed by atoms with E-state index in [1.54, 1.807) is 25.1 Å². The fourth-order valence-electron chi connectivity index (χ4n) is 1.42. The lowest BCUT2D eigenvalue weighted by Crippen LogP contribution is -2.12. The number of carboxylic acids is 1. The molecule has 0 spiro atoms. The topological polar surface area (TPSA) is 92.7 Å². The maximum absolute atomic E-state index is 11.5. The predicted octanol–water partition coefficient (Wildman–Crippen LogP) is 1.36. The zero-order chi connectivity index (χ0) is 14.4.